The normalized spacial score (nSPS) is 11.5. The number of ether oxygens (including phenoxy) is 1. The zero-order valence-electron chi connectivity index (χ0n) is 7.18. The van der Waals surface area contributed by atoms with Crippen LogP contribution in [0, 0.1) is 0 Å². The summed E-state index contributed by atoms with van der Waals surface area (Å²) in [7, 11) is 0. The maximum Gasteiger partial charge on any atom is 0.573 e. The van der Waals surface area contributed by atoms with Crippen molar-refractivity contribution in [3.8, 4) is 11.5 Å². The maximum absolute atomic E-state index is 11.9. The van der Waals surface area contributed by atoms with Crippen LogP contribution < -0.4 is 10.5 Å². The second kappa shape index (κ2) is 4.23. The molecule has 0 aliphatic heterocycles. The van der Waals surface area contributed by atoms with Gasteiger partial charge in [0.1, 0.15) is 4.47 Å². The molecular formula is C7H6BrF3N2O2. The van der Waals surface area contributed by atoms with E-state index in [0.29, 0.717) is 0 Å². The molecule has 1 rings (SSSR count). The van der Waals surface area contributed by atoms with Gasteiger partial charge in [-0.3, -0.25) is 4.98 Å². The van der Waals surface area contributed by atoms with Gasteiger partial charge in [0.2, 0.25) is 0 Å². The fourth-order valence-electron chi connectivity index (χ4n) is 0.843. The molecule has 3 N–H and O–H groups in total. The minimum Gasteiger partial charge on any atom is -0.505 e. The standard InChI is InChI=1S/C7H6BrF3N2O2/c8-5-4(15-7(9,10)11)2-13-3(1-12)6(5)14/h2,14H,1,12H2. The highest BCUT2D eigenvalue weighted by Gasteiger charge is 2.32. The number of aromatic nitrogens is 1. The molecule has 0 aliphatic rings. The SMILES string of the molecule is NCc1ncc(OC(F)(F)F)c(Br)c1O. The molecule has 0 atom stereocenters. The predicted molar refractivity (Wildman–Crippen MR) is 48.2 cm³/mol. The third-order valence-electron chi connectivity index (χ3n) is 1.45. The number of hydrogen-bond acceptors (Lipinski definition) is 4. The molecule has 1 heterocycles. The summed E-state index contributed by atoms with van der Waals surface area (Å²) in [4.78, 5) is 3.51. The van der Waals surface area contributed by atoms with Crippen LogP contribution in [0.2, 0.25) is 0 Å². The number of rotatable bonds is 2. The van der Waals surface area contributed by atoms with Crippen molar-refractivity contribution in [1.29, 1.82) is 0 Å². The molecule has 8 heteroatoms. The second-order valence-corrected chi connectivity index (χ2v) is 3.28. The average Bonchev–Trinajstić information content (AvgIpc) is 2.11. The Morgan fingerprint density at radius 3 is 2.60 bits per heavy atom. The Kier molecular flexibility index (Phi) is 3.40. The van der Waals surface area contributed by atoms with Crippen molar-refractivity contribution in [2.24, 2.45) is 5.73 Å². The van der Waals surface area contributed by atoms with E-state index < -0.39 is 17.9 Å². The molecule has 0 amide bonds. The van der Waals surface area contributed by atoms with Crippen LogP contribution in [0.25, 0.3) is 0 Å². The van der Waals surface area contributed by atoms with Crippen LogP contribution in [0.5, 0.6) is 11.5 Å². The number of hydrogen-bond donors (Lipinski definition) is 2. The van der Waals surface area contributed by atoms with E-state index in [4.69, 9.17) is 5.73 Å². The Morgan fingerprint density at radius 1 is 1.53 bits per heavy atom. The Bertz CT molecular complexity index is 370. The number of nitrogens with zero attached hydrogens (tertiary/aromatic N) is 1. The van der Waals surface area contributed by atoms with Gasteiger partial charge in [-0.25, -0.2) is 0 Å². The van der Waals surface area contributed by atoms with E-state index >= 15 is 0 Å². The molecule has 0 unspecified atom stereocenters. The van der Waals surface area contributed by atoms with Gasteiger partial charge in [-0.1, -0.05) is 0 Å². The Balaban J connectivity index is 3.07. The fourth-order valence-corrected chi connectivity index (χ4v) is 1.26. The molecule has 0 spiro atoms. The molecule has 15 heavy (non-hydrogen) atoms. The number of alkyl halides is 3. The number of pyridine rings is 1. The zero-order chi connectivity index (χ0) is 11.6. The van der Waals surface area contributed by atoms with E-state index in [1.54, 1.807) is 0 Å². The highest BCUT2D eigenvalue weighted by Crippen LogP contribution is 2.37. The predicted octanol–water partition coefficient (Wildman–Crippen LogP) is 1.91. The third-order valence-corrected chi connectivity index (χ3v) is 2.22. The number of halogens is 4. The van der Waals surface area contributed by atoms with Crippen molar-refractivity contribution >= 4 is 15.9 Å². The van der Waals surface area contributed by atoms with Crippen molar-refractivity contribution in [3.63, 3.8) is 0 Å². The van der Waals surface area contributed by atoms with E-state index in [9.17, 15) is 18.3 Å². The van der Waals surface area contributed by atoms with Crippen LogP contribution in [0.3, 0.4) is 0 Å². The topological polar surface area (TPSA) is 68.4 Å². The first-order chi connectivity index (χ1) is 6.85. The fraction of sp³-hybridized carbons (Fsp3) is 0.286. The summed E-state index contributed by atoms with van der Waals surface area (Å²) in [5.41, 5.74) is 5.27. The quantitative estimate of drug-likeness (QED) is 0.871. The lowest BCUT2D eigenvalue weighted by atomic mass is 10.3. The molecule has 0 aromatic carbocycles. The third kappa shape index (κ3) is 2.96. The minimum atomic E-state index is -4.83. The molecule has 0 aliphatic carbocycles. The molecule has 0 bridgehead atoms. The first-order valence-electron chi connectivity index (χ1n) is 3.67. The van der Waals surface area contributed by atoms with E-state index in [0.717, 1.165) is 6.20 Å². The lowest BCUT2D eigenvalue weighted by Gasteiger charge is -2.11. The van der Waals surface area contributed by atoms with Crippen LogP contribution in [0.4, 0.5) is 13.2 Å². The molecule has 84 valence electrons. The van der Waals surface area contributed by atoms with Crippen molar-refractivity contribution in [2.75, 3.05) is 0 Å². The molecule has 0 saturated carbocycles. The van der Waals surface area contributed by atoms with Crippen LogP contribution in [-0.4, -0.2) is 16.5 Å². The van der Waals surface area contributed by atoms with Gasteiger partial charge in [0.05, 0.1) is 11.9 Å². The summed E-state index contributed by atoms with van der Waals surface area (Å²) in [6.07, 6.45) is -4.00. The highest BCUT2D eigenvalue weighted by molar-refractivity contribution is 9.10. The summed E-state index contributed by atoms with van der Waals surface area (Å²) < 4.78 is 39.0. The highest BCUT2D eigenvalue weighted by atomic mass is 79.9. The van der Waals surface area contributed by atoms with Gasteiger partial charge in [-0.2, -0.15) is 0 Å². The van der Waals surface area contributed by atoms with Crippen LogP contribution in [-0.2, 0) is 6.54 Å². The first-order valence-corrected chi connectivity index (χ1v) is 4.46. The van der Waals surface area contributed by atoms with Crippen LogP contribution in [0.15, 0.2) is 10.7 Å². The van der Waals surface area contributed by atoms with E-state index in [-0.39, 0.29) is 16.7 Å². The first kappa shape index (κ1) is 12.1. The summed E-state index contributed by atoms with van der Waals surface area (Å²) in [5, 5.41) is 9.34. The largest absolute Gasteiger partial charge is 0.573 e. The zero-order valence-corrected chi connectivity index (χ0v) is 8.76. The van der Waals surface area contributed by atoms with E-state index in [1.165, 1.54) is 0 Å². The van der Waals surface area contributed by atoms with E-state index in [2.05, 4.69) is 25.7 Å². The van der Waals surface area contributed by atoms with Gasteiger partial charge in [0.25, 0.3) is 0 Å². The summed E-state index contributed by atoms with van der Waals surface area (Å²) in [6.45, 7) is -0.0866. The Morgan fingerprint density at radius 2 is 2.13 bits per heavy atom. The number of nitrogens with two attached hydrogens (primary N) is 1. The van der Waals surface area contributed by atoms with Crippen molar-refractivity contribution < 1.29 is 23.0 Å². The molecule has 0 saturated heterocycles. The molecule has 0 radical (unpaired) electrons. The van der Waals surface area contributed by atoms with Gasteiger partial charge in [-0.15, -0.1) is 13.2 Å². The molecule has 1 aromatic heterocycles. The average molecular weight is 287 g/mol. The number of aromatic hydroxyl groups is 1. The summed E-state index contributed by atoms with van der Waals surface area (Å²) in [6, 6.07) is 0. The van der Waals surface area contributed by atoms with Crippen LogP contribution >= 0.6 is 15.9 Å². The van der Waals surface area contributed by atoms with Gasteiger partial charge in [0, 0.05) is 6.54 Å². The molecule has 1 aromatic rings. The van der Waals surface area contributed by atoms with E-state index in [1.807, 2.05) is 0 Å². The lowest BCUT2D eigenvalue weighted by molar-refractivity contribution is -0.275. The van der Waals surface area contributed by atoms with Gasteiger partial charge >= 0.3 is 6.36 Å². The smallest absolute Gasteiger partial charge is 0.505 e. The second-order valence-electron chi connectivity index (χ2n) is 2.48. The van der Waals surface area contributed by atoms with Crippen molar-refractivity contribution in [2.45, 2.75) is 12.9 Å². The summed E-state index contributed by atoms with van der Waals surface area (Å²) in [5.74, 6) is -1.07. The maximum atomic E-state index is 11.9. The lowest BCUT2D eigenvalue weighted by Crippen LogP contribution is -2.17. The summed E-state index contributed by atoms with van der Waals surface area (Å²) >= 11 is 2.75. The van der Waals surface area contributed by atoms with Gasteiger partial charge in [-0.05, 0) is 15.9 Å². The Hall–Kier alpha value is -1.02. The van der Waals surface area contributed by atoms with Crippen LogP contribution in [0.1, 0.15) is 5.69 Å². The van der Waals surface area contributed by atoms with Crippen molar-refractivity contribution in [1.82, 2.24) is 4.98 Å². The van der Waals surface area contributed by atoms with Gasteiger partial charge < -0.3 is 15.6 Å². The molecule has 4 nitrogen and oxygen atoms in total. The molecular weight excluding hydrogens is 281 g/mol. The molecule has 0 fully saturated rings. The minimum absolute atomic E-state index is 0.0800. The monoisotopic (exact) mass is 286 g/mol. The Labute approximate surface area is 91.0 Å². The van der Waals surface area contributed by atoms with Gasteiger partial charge in [0.15, 0.2) is 11.5 Å². The van der Waals surface area contributed by atoms with Crippen molar-refractivity contribution in [3.05, 3.63) is 16.4 Å².